The summed E-state index contributed by atoms with van der Waals surface area (Å²) >= 11 is 3.51. The molecule has 1 aromatic rings. The lowest BCUT2D eigenvalue weighted by Gasteiger charge is -2.14. The molecule has 0 radical (unpaired) electrons. The van der Waals surface area contributed by atoms with Crippen molar-refractivity contribution in [2.24, 2.45) is 4.99 Å². The van der Waals surface area contributed by atoms with Gasteiger partial charge in [-0.15, -0.1) is 0 Å². The fourth-order valence-corrected chi connectivity index (χ4v) is 2.63. The van der Waals surface area contributed by atoms with Crippen LogP contribution in [0.4, 0.5) is 0 Å². The van der Waals surface area contributed by atoms with E-state index in [4.69, 9.17) is 4.74 Å². The van der Waals surface area contributed by atoms with E-state index in [9.17, 15) is 4.79 Å². The van der Waals surface area contributed by atoms with Crippen LogP contribution in [0, 0.1) is 6.92 Å². The first-order chi connectivity index (χ1) is 7.63. The monoisotopic (exact) mass is 281 g/mol. The van der Waals surface area contributed by atoms with Gasteiger partial charge in [0.1, 0.15) is 5.75 Å². The number of rotatable bonds is 3. The van der Waals surface area contributed by atoms with Gasteiger partial charge in [-0.1, -0.05) is 6.07 Å². The molecule has 0 aliphatic heterocycles. The van der Waals surface area contributed by atoms with Gasteiger partial charge in [0.15, 0.2) is 0 Å². The summed E-state index contributed by atoms with van der Waals surface area (Å²) in [5.41, 5.74) is 1.76. The molecule has 1 fully saturated rings. The number of hydrogen-bond donors (Lipinski definition) is 0. The van der Waals surface area contributed by atoms with Crippen molar-refractivity contribution >= 4 is 22.0 Å². The van der Waals surface area contributed by atoms with Gasteiger partial charge < -0.3 is 4.74 Å². The van der Waals surface area contributed by atoms with Gasteiger partial charge in [0.05, 0.1) is 17.1 Å². The maximum Gasteiger partial charge on any atom is 0.235 e. The number of halogens is 1. The van der Waals surface area contributed by atoms with Crippen LogP contribution in [0.15, 0.2) is 21.6 Å². The van der Waals surface area contributed by atoms with Crippen LogP contribution in [-0.2, 0) is 10.3 Å². The Labute approximate surface area is 103 Å². The summed E-state index contributed by atoms with van der Waals surface area (Å²) in [6.45, 7) is 2.00. The Hall–Kier alpha value is -1.12. The highest BCUT2D eigenvalue weighted by molar-refractivity contribution is 9.10. The minimum absolute atomic E-state index is 0.361. The van der Waals surface area contributed by atoms with Crippen molar-refractivity contribution < 1.29 is 9.53 Å². The number of methoxy groups -OCH3 is 1. The SMILES string of the molecule is COc1cc(C)cc(C2(N=C=O)CC2)c1Br. The van der Waals surface area contributed by atoms with Gasteiger partial charge >= 0.3 is 0 Å². The second kappa shape index (κ2) is 4.04. The first-order valence-electron chi connectivity index (χ1n) is 5.06. The van der Waals surface area contributed by atoms with Gasteiger partial charge in [-0.05, 0) is 52.9 Å². The van der Waals surface area contributed by atoms with Crippen molar-refractivity contribution in [2.45, 2.75) is 25.3 Å². The molecule has 0 bridgehead atoms. The smallest absolute Gasteiger partial charge is 0.235 e. The molecule has 0 amide bonds. The van der Waals surface area contributed by atoms with Gasteiger partial charge in [0.2, 0.25) is 6.08 Å². The minimum atomic E-state index is -0.361. The summed E-state index contributed by atoms with van der Waals surface area (Å²) in [6.07, 6.45) is 3.46. The average Bonchev–Trinajstić information content (AvgIpc) is 3.02. The van der Waals surface area contributed by atoms with Crippen molar-refractivity contribution in [3.63, 3.8) is 0 Å². The molecule has 3 nitrogen and oxygen atoms in total. The molecular formula is C12H12BrNO2. The molecule has 0 aromatic heterocycles. The summed E-state index contributed by atoms with van der Waals surface area (Å²) < 4.78 is 6.17. The zero-order valence-corrected chi connectivity index (χ0v) is 10.8. The lowest BCUT2D eigenvalue weighted by atomic mass is 10.0. The average molecular weight is 282 g/mol. The van der Waals surface area contributed by atoms with Gasteiger partial charge in [-0.25, -0.2) is 4.79 Å². The molecule has 0 N–H and O–H groups in total. The molecule has 16 heavy (non-hydrogen) atoms. The summed E-state index contributed by atoms with van der Waals surface area (Å²) in [5.74, 6) is 0.780. The number of carbonyl (C=O) groups excluding carboxylic acids is 1. The molecule has 0 saturated heterocycles. The second-order valence-corrected chi connectivity index (χ2v) is 4.86. The van der Waals surface area contributed by atoms with E-state index in [1.807, 2.05) is 19.1 Å². The standard InChI is InChI=1S/C12H12BrNO2/c1-8-5-9(11(13)10(6-8)16-2)12(3-4-12)14-7-15/h5-6H,3-4H2,1-2H3. The first kappa shape index (κ1) is 11.4. The predicted octanol–water partition coefficient (Wildman–Crippen LogP) is 3.09. The van der Waals surface area contributed by atoms with Crippen LogP contribution in [-0.4, -0.2) is 13.2 Å². The Balaban J connectivity index is 2.56. The molecule has 84 valence electrons. The fourth-order valence-electron chi connectivity index (χ4n) is 1.87. The van der Waals surface area contributed by atoms with Crippen LogP contribution >= 0.6 is 15.9 Å². The summed E-state index contributed by atoms with van der Waals surface area (Å²) in [4.78, 5) is 14.4. The second-order valence-electron chi connectivity index (χ2n) is 4.06. The number of nitrogens with zero attached hydrogens (tertiary/aromatic N) is 1. The van der Waals surface area contributed by atoms with Crippen molar-refractivity contribution in [1.29, 1.82) is 0 Å². The third-order valence-corrected chi connectivity index (χ3v) is 3.71. The molecule has 1 aliphatic rings. The number of aryl methyl sites for hydroxylation is 1. The number of ether oxygens (including phenoxy) is 1. The highest BCUT2D eigenvalue weighted by Gasteiger charge is 2.46. The maximum atomic E-state index is 10.4. The van der Waals surface area contributed by atoms with Crippen molar-refractivity contribution in [1.82, 2.24) is 0 Å². The van der Waals surface area contributed by atoms with E-state index in [2.05, 4.69) is 20.9 Å². The van der Waals surface area contributed by atoms with Crippen LogP contribution < -0.4 is 4.74 Å². The highest BCUT2D eigenvalue weighted by Crippen LogP contribution is 2.53. The quantitative estimate of drug-likeness (QED) is 0.631. The Kier molecular flexibility index (Phi) is 2.87. The molecule has 2 rings (SSSR count). The van der Waals surface area contributed by atoms with E-state index in [1.54, 1.807) is 13.2 Å². The number of benzene rings is 1. The van der Waals surface area contributed by atoms with Crippen molar-refractivity contribution in [3.8, 4) is 5.75 Å². The Morgan fingerprint density at radius 1 is 1.50 bits per heavy atom. The van der Waals surface area contributed by atoms with Crippen LogP contribution in [0.2, 0.25) is 0 Å². The van der Waals surface area contributed by atoms with Crippen molar-refractivity contribution in [3.05, 3.63) is 27.7 Å². The fraction of sp³-hybridized carbons (Fsp3) is 0.417. The molecule has 0 spiro atoms. The number of hydrogen-bond acceptors (Lipinski definition) is 3. The van der Waals surface area contributed by atoms with E-state index < -0.39 is 0 Å². The van der Waals surface area contributed by atoms with Gasteiger partial charge in [0, 0.05) is 0 Å². The minimum Gasteiger partial charge on any atom is -0.496 e. The molecule has 0 unspecified atom stereocenters. The van der Waals surface area contributed by atoms with E-state index in [1.165, 1.54) is 0 Å². The highest BCUT2D eigenvalue weighted by atomic mass is 79.9. The number of isocyanates is 1. The molecule has 0 heterocycles. The van der Waals surface area contributed by atoms with Gasteiger partial charge in [0.25, 0.3) is 0 Å². The zero-order chi connectivity index (χ0) is 11.8. The molecule has 4 heteroatoms. The van der Waals surface area contributed by atoms with Crippen molar-refractivity contribution in [2.75, 3.05) is 7.11 Å². The Morgan fingerprint density at radius 2 is 2.19 bits per heavy atom. The number of aliphatic imine (C=N–C) groups is 1. The molecule has 1 saturated carbocycles. The van der Waals surface area contributed by atoms with Crippen LogP contribution in [0.5, 0.6) is 5.75 Å². The first-order valence-corrected chi connectivity index (χ1v) is 5.86. The van der Waals surface area contributed by atoms with Crippen LogP contribution in [0.1, 0.15) is 24.0 Å². The third kappa shape index (κ3) is 1.79. The van der Waals surface area contributed by atoms with E-state index in [0.717, 1.165) is 34.2 Å². The zero-order valence-electron chi connectivity index (χ0n) is 9.21. The largest absolute Gasteiger partial charge is 0.496 e. The summed E-state index contributed by atoms with van der Waals surface area (Å²) in [5, 5.41) is 0. The Bertz CT molecular complexity index is 474. The van der Waals surface area contributed by atoms with E-state index in [-0.39, 0.29) is 5.54 Å². The predicted molar refractivity (Wildman–Crippen MR) is 64.5 cm³/mol. The summed E-state index contributed by atoms with van der Waals surface area (Å²) in [6, 6.07) is 3.99. The topological polar surface area (TPSA) is 38.7 Å². The van der Waals surface area contributed by atoms with Crippen LogP contribution in [0.25, 0.3) is 0 Å². The van der Waals surface area contributed by atoms with E-state index in [0.29, 0.717) is 0 Å². The van der Waals surface area contributed by atoms with Gasteiger partial charge in [-0.3, -0.25) is 0 Å². The van der Waals surface area contributed by atoms with Crippen LogP contribution in [0.3, 0.4) is 0 Å². The van der Waals surface area contributed by atoms with E-state index >= 15 is 0 Å². The lowest BCUT2D eigenvalue weighted by Crippen LogP contribution is -2.05. The molecule has 0 atom stereocenters. The third-order valence-electron chi connectivity index (χ3n) is 2.89. The normalized spacial score (nSPS) is 16.4. The molecule has 1 aromatic carbocycles. The molecule has 1 aliphatic carbocycles. The Morgan fingerprint density at radius 3 is 2.69 bits per heavy atom. The lowest BCUT2D eigenvalue weighted by molar-refractivity contribution is 0.410. The molecular weight excluding hydrogens is 270 g/mol. The summed E-state index contributed by atoms with van der Waals surface area (Å²) in [7, 11) is 1.63. The van der Waals surface area contributed by atoms with Gasteiger partial charge in [-0.2, -0.15) is 4.99 Å². The maximum absolute atomic E-state index is 10.4.